The SMILES string of the molecule is COc1cc2c(=O)n(Cc3ccc(C(=O)NCc4ccco4)cc3)c(=O)n(CC(=O)N3CCCCC3)c2cc1OC. The van der Waals surface area contributed by atoms with Crippen LogP contribution in [-0.4, -0.2) is 53.2 Å². The minimum atomic E-state index is -0.611. The highest BCUT2D eigenvalue weighted by molar-refractivity contribution is 5.94. The predicted octanol–water partition coefficient (Wildman–Crippen LogP) is 2.76. The summed E-state index contributed by atoms with van der Waals surface area (Å²) in [5.41, 5.74) is 0.226. The number of amides is 2. The Kier molecular flexibility index (Phi) is 8.23. The molecule has 2 amide bonds. The fraction of sp³-hybridized carbons (Fsp3) is 0.333. The highest BCUT2D eigenvalue weighted by atomic mass is 16.5. The maximum Gasteiger partial charge on any atom is 0.332 e. The van der Waals surface area contributed by atoms with Crippen LogP contribution in [0.15, 0.2) is 68.8 Å². The number of hydrogen-bond donors (Lipinski definition) is 1. The average Bonchev–Trinajstić information content (AvgIpc) is 3.54. The Morgan fingerprint density at radius 1 is 0.927 bits per heavy atom. The number of benzene rings is 2. The maximum absolute atomic E-state index is 13.8. The number of carbonyl (C=O) groups is 2. The number of hydrogen-bond acceptors (Lipinski definition) is 7. The lowest BCUT2D eigenvalue weighted by atomic mass is 10.1. The lowest BCUT2D eigenvalue weighted by Crippen LogP contribution is -2.44. The smallest absolute Gasteiger partial charge is 0.332 e. The average molecular weight is 561 g/mol. The Morgan fingerprint density at radius 2 is 1.63 bits per heavy atom. The van der Waals surface area contributed by atoms with E-state index in [2.05, 4.69) is 5.32 Å². The van der Waals surface area contributed by atoms with Crippen LogP contribution in [0.2, 0.25) is 0 Å². The molecule has 1 saturated heterocycles. The third-order valence-electron chi connectivity index (χ3n) is 7.29. The van der Waals surface area contributed by atoms with Gasteiger partial charge in [0.1, 0.15) is 12.3 Å². The zero-order chi connectivity index (χ0) is 28.9. The molecule has 214 valence electrons. The number of piperidine rings is 1. The van der Waals surface area contributed by atoms with Crippen molar-refractivity contribution in [3.8, 4) is 11.5 Å². The lowest BCUT2D eigenvalue weighted by Gasteiger charge is -2.27. The van der Waals surface area contributed by atoms with Crippen molar-refractivity contribution < 1.29 is 23.5 Å². The van der Waals surface area contributed by atoms with Gasteiger partial charge in [0.05, 0.1) is 44.5 Å². The molecule has 1 fully saturated rings. The van der Waals surface area contributed by atoms with Crippen molar-refractivity contribution in [3.05, 3.63) is 92.5 Å². The van der Waals surface area contributed by atoms with E-state index in [1.54, 1.807) is 47.4 Å². The number of rotatable bonds is 9. The Bertz CT molecular complexity index is 1660. The monoisotopic (exact) mass is 560 g/mol. The number of furan rings is 1. The van der Waals surface area contributed by atoms with Crippen LogP contribution in [-0.2, 0) is 24.4 Å². The van der Waals surface area contributed by atoms with Gasteiger partial charge in [-0.25, -0.2) is 4.79 Å². The van der Waals surface area contributed by atoms with Gasteiger partial charge < -0.3 is 24.1 Å². The second kappa shape index (κ2) is 12.2. The van der Waals surface area contributed by atoms with E-state index in [0.29, 0.717) is 47.0 Å². The van der Waals surface area contributed by atoms with Crippen molar-refractivity contribution in [2.75, 3.05) is 27.3 Å². The Hall–Kier alpha value is -4.80. The molecule has 0 atom stereocenters. The molecule has 4 aromatic rings. The minimum absolute atomic E-state index is 0.0475. The summed E-state index contributed by atoms with van der Waals surface area (Å²) >= 11 is 0. The quantitative estimate of drug-likeness (QED) is 0.334. The largest absolute Gasteiger partial charge is 0.493 e. The molecule has 1 aliphatic heterocycles. The van der Waals surface area contributed by atoms with Crippen molar-refractivity contribution in [3.63, 3.8) is 0 Å². The number of aromatic nitrogens is 2. The molecule has 2 aromatic heterocycles. The molecule has 1 aliphatic rings. The van der Waals surface area contributed by atoms with Gasteiger partial charge in [0.15, 0.2) is 11.5 Å². The first-order valence-corrected chi connectivity index (χ1v) is 13.5. The zero-order valence-electron chi connectivity index (χ0n) is 23.1. The van der Waals surface area contributed by atoms with E-state index >= 15 is 0 Å². The first kappa shape index (κ1) is 27.8. The number of ether oxygens (including phenoxy) is 2. The molecule has 3 heterocycles. The molecule has 0 radical (unpaired) electrons. The number of likely N-dealkylation sites (tertiary alicyclic amines) is 1. The third kappa shape index (κ3) is 5.88. The molecule has 5 rings (SSSR count). The van der Waals surface area contributed by atoms with E-state index in [-0.39, 0.29) is 36.8 Å². The summed E-state index contributed by atoms with van der Waals surface area (Å²) in [5, 5.41) is 3.01. The number of nitrogens with one attached hydrogen (secondary N) is 1. The van der Waals surface area contributed by atoms with Gasteiger partial charge in [-0.05, 0) is 55.2 Å². The number of carbonyl (C=O) groups excluding carboxylic acids is 2. The van der Waals surface area contributed by atoms with Crippen molar-refractivity contribution in [1.82, 2.24) is 19.4 Å². The predicted molar refractivity (Wildman–Crippen MR) is 151 cm³/mol. The summed E-state index contributed by atoms with van der Waals surface area (Å²) in [6.45, 7) is 1.28. The molecular formula is C30H32N4O7. The van der Waals surface area contributed by atoms with E-state index in [4.69, 9.17) is 13.9 Å². The molecule has 0 bridgehead atoms. The molecule has 0 aliphatic carbocycles. The Balaban J connectivity index is 1.48. The van der Waals surface area contributed by atoms with E-state index < -0.39 is 11.2 Å². The van der Waals surface area contributed by atoms with Gasteiger partial charge >= 0.3 is 5.69 Å². The topological polar surface area (TPSA) is 125 Å². The highest BCUT2D eigenvalue weighted by Crippen LogP contribution is 2.30. The van der Waals surface area contributed by atoms with Crippen LogP contribution in [0.3, 0.4) is 0 Å². The van der Waals surface area contributed by atoms with Crippen LogP contribution >= 0.6 is 0 Å². The second-order valence-electron chi connectivity index (χ2n) is 9.88. The van der Waals surface area contributed by atoms with Crippen molar-refractivity contribution in [2.24, 2.45) is 0 Å². The zero-order valence-corrected chi connectivity index (χ0v) is 23.1. The Labute approximate surface area is 235 Å². The van der Waals surface area contributed by atoms with E-state index in [1.807, 2.05) is 0 Å². The fourth-order valence-corrected chi connectivity index (χ4v) is 5.04. The molecule has 1 N–H and O–H groups in total. The molecule has 11 heteroatoms. The molecule has 0 spiro atoms. The van der Waals surface area contributed by atoms with Gasteiger partial charge in [-0.2, -0.15) is 0 Å². The van der Waals surface area contributed by atoms with E-state index in [0.717, 1.165) is 23.8 Å². The number of methoxy groups -OCH3 is 2. The van der Waals surface area contributed by atoms with Gasteiger partial charge in [-0.3, -0.25) is 23.5 Å². The van der Waals surface area contributed by atoms with Gasteiger partial charge in [0, 0.05) is 24.7 Å². The van der Waals surface area contributed by atoms with Crippen LogP contribution < -0.4 is 26.0 Å². The summed E-state index contributed by atoms with van der Waals surface area (Å²) in [7, 11) is 2.93. The molecule has 0 unspecified atom stereocenters. The van der Waals surface area contributed by atoms with Gasteiger partial charge in [-0.1, -0.05) is 12.1 Å². The van der Waals surface area contributed by atoms with Crippen molar-refractivity contribution in [1.29, 1.82) is 0 Å². The molecule has 0 saturated carbocycles. The third-order valence-corrected chi connectivity index (χ3v) is 7.29. The molecular weight excluding hydrogens is 528 g/mol. The van der Waals surface area contributed by atoms with Crippen molar-refractivity contribution >= 4 is 22.7 Å². The number of fused-ring (bicyclic) bond motifs is 1. The highest BCUT2D eigenvalue weighted by Gasteiger charge is 2.22. The maximum atomic E-state index is 13.8. The van der Waals surface area contributed by atoms with Crippen LogP contribution in [0.5, 0.6) is 11.5 Å². The van der Waals surface area contributed by atoms with Crippen LogP contribution in [0.25, 0.3) is 10.9 Å². The molecule has 41 heavy (non-hydrogen) atoms. The van der Waals surface area contributed by atoms with Gasteiger partial charge in [0.2, 0.25) is 5.91 Å². The standard InChI is InChI=1S/C30H32N4O7/c1-39-25-15-23-24(16-26(25)40-2)33(19-27(35)32-12-4-3-5-13-32)30(38)34(29(23)37)18-20-8-10-21(11-9-20)28(36)31-17-22-7-6-14-41-22/h6-11,14-16H,3-5,12-13,17-19H2,1-2H3,(H,31,36). The van der Waals surface area contributed by atoms with Gasteiger partial charge in [0.25, 0.3) is 11.5 Å². The summed E-state index contributed by atoms with van der Waals surface area (Å²) in [4.78, 5) is 54.9. The van der Waals surface area contributed by atoms with Crippen LogP contribution in [0.4, 0.5) is 0 Å². The van der Waals surface area contributed by atoms with E-state index in [9.17, 15) is 19.2 Å². The van der Waals surface area contributed by atoms with Crippen molar-refractivity contribution in [2.45, 2.75) is 38.9 Å². The normalized spacial score (nSPS) is 13.3. The van der Waals surface area contributed by atoms with Crippen LogP contribution in [0.1, 0.15) is 40.9 Å². The summed E-state index contributed by atoms with van der Waals surface area (Å²) in [5.74, 6) is 0.848. The number of nitrogens with zero attached hydrogens (tertiary/aromatic N) is 3. The summed E-state index contributed by atoms with van der Waals surface area (Å²) < 4.78 is 18.5. The first-order chi connectivity index (χ1) is 19.9. The van der Waals surface area contributed by atoms with Crippen LogP contribution in [0, 0.1) is 0 Å². The minimum Gasteiger partial charge on any atom is -0.493 e. The fourth-order valence-electron chi connectivity index (χ4n) is 5.04. The summed E-state index contributed by atoms with van der Waals surface area (Å²) in [6.07, 6.45) is 4.44. The molecule has 11 nitrogen and oxygen atoms in total. The lowest BCUT2D eigenvalue weighted by molar-refractivity contribution is -0.132. The van der Waals surface area contributed by atoms with E-state index in [1.165, 1.54) is 31.1 Å². The summed E-state index contributed by atoms with van der Waals surface area (Å²) in [6, 6.07) is 13.2. The van der Waals surface area contributed by atoms with Gasteiger partial charge in [-0.15, -0.1) is 0 Å². The molecule has 2 aromatic carbocycles. The Morgan fingerprint density at radius 3 is 2.29 bits per heavy atom. The second-order valence-corrected chi connectivity index (χ2v) is 9.88. The first-order valence-electron chi connectivity index (χ1n) is 13.5.